The van der Waals surface area contributed by atoms with E-state index in [9.17, 15) is 0 Å². The molecular weight excluding hydrogens is 314 g/mol. The molecule has 5 nitrogen and oxygen atoms in total. The van der Waals surface area contributed by atoms with E-state index in [2.05, 4.69) is 16.9 Å². The summed E-state index contributed by atoms with van der Waals surface area (Å²) in [6, 6.07) is 8.86. The summed E-state index contributed by atoms with van der Waals surface area (Å²) in [5.41, 5.74) is 7.18. The van der Waals surface area contributed by atoms with Crippen molar-refractivity contribution >= 4 is 23.1 Å². The van der Waals surface area contributed by atoms with Crippen molar-refractivity contribution in [3.63, 3.8) is 0 Å². The lowest BCUT2D eigenvalue weighted by Crippen LogP contribution is -2.06. The molecule has 1 heterocycles. The third-order valence-corrected chi connectivity index (χ3v) is 2.99. The molecule has 0 aliphatic heterocycles. The number of allylic oxidation sites excluding steroid dienone is 1. The molecule has 0 saturated carbocycles. The van der Waals surface area contributed by atoms with Gasteiger partial charge in [0.25, 0.3) is 0 Å². The Hall–Kier alpha value is -2.24. The molecule has 4 N–H and O–H groups in total. The van der Waals surface area contributed by atoms with Gasteiger partial charge in [-0.15, -0.1) is 6.58 Å². The highest BCUT2D eigenvalue weighted by molar-refractivity contribution is 6.31. The maximum atomic E-state index is 8.70. The third kappa shape index (κ3) is 7.04. The number of anilines is 2. The fourth-order valence-electron chi connectivity index (χ4n) is 1.62. The van der Waals surface area contributed by atoms with Crippen LogP contribution >= 0.6 is 11.6 Å². The molecule has 0 radical (unpaired) electrons. The lowest BCUT2D eigenvalue weighted by Gasteiger charge is -2.09. The summed E-state index contributed by atoms with van der Waals surface area (Å²) in [6.45, 7) is 6.11. The molecule has 23 heavy (non-hydrogen) atoms. The summed E-state index contributed by atoms with van der Waals surface area (Å²) in [5.74, 6) is 1.33. The van der Waals surface area contributed by atoms with Crippen LogP contribution in [0.5, 0.6) is 5.75 Å². The average Bonchev–Trinajstić information content (AvgIpc) is 2.55. The van der Waals surface area contributed by atoms with Gasteiger partial charge in [0.2, 0.25) is 0 Å². The maximum absolute atomic E-state index is 8.70. The van der Waals surface area contributed by atoms with E-state index < -0.39 is 0 Å². The van der Waals surface area contributed by atoms with Gasteiger partial charge in [-0.2, -0.15) is 0 Å². The van der Waals surface area contributed by atoms with Gasteiger partial charge in [-0.3, -0.25) is 0 Å². The van der Waals surface area contributed by atoms with E-state index in [1.165, 1.54) is 0 Å². The van der Waals surface area contributed by atoms with Crippen LogP contribution in [0.1, 0.15) is 12.5 Å². The highest BCUT2D eigenvalue weighted by Gasteiger charge is 2.03. The Morgan fingerprint density at radius 3 is 2.74 bits per heavy atom. The smallest absolute Gasteiger partial charge is 0.138 e. The van der Waals surface area contributed by atoms with E-state index in [0.29, 0.717) is 35.4 Å². The molecule has 2 aromatic rings. The number of nitrogens with zero attached hydrogens (tertiary/aromatic N) is 1. The minimum Gasteiger partial charge on any atom is -0.487 e. The Morgan fingerprint density at radius 1 is 1.39 bits per heavy atom. The molecule has 1 aromatic carbocycles. The molecule has 0 saturated heterocycles. The molecule has 0 aliphatic rings. The van der Waals surface area contributed by atoms with Crippen LogP contribution < -0.4 is 15.8 Å². The third-order valence-electron chi connectivity index (χ3n) is 2.62. The van der Waals surface area contributed by atoms with Gasteiger partial charge in [0, 0.05) is 22.8 Å². The largest absolute Gasteiger partial charge is 0.487 e. The summed E-state index contributed by atoms with van der Waals surface area (Å²) in [6.07, 6.45) is 3.36. The molecule has 0 atom stereocenters. The zero-order valence-electron chi connectivity index (χ0n) is 13.1. The van der Waals surface area contributed by atoms with Crippen molar-refractivity contribution in [3.8, 4) is 5.75 Å². The second kappa shape index (κ2) is 10.5. The predicted molar refractivity (Wildman–Crippen MR) is 95.9 cm³/mol. The monoisotopic (exact) mass is 335 g/mol. The van der Waals surface area contributed by atoms with E-state index in [1.807, 2.05) is 6.92 Å². The fraction of sp³-hybridized carbons (Fsp3) is 0.235. The number of aliphatic hydroxyl groups is 1. The zero-order chi connectivity index (χ0) is 17.1. The predicted octanol–water partition coefficient (Wildman–Crippen LogP) is 3.49. The average molecular weight is 336 g/mol. The molecule has 124 valence electrons. The molecule has 1 aromatic heterocycles. The van der Waals surface area contributed by atoms with Crippen LogP contribution in [0, 0.1) is 0 Å². The van der Waals surface area contributed by atoms with Gasteiger partial charge >= 0.3 is 0 Å². The molecule has 0 unspecified atom stereocenters. The SMILES string of the molecule is C=CC.Nc1ccc(Cl)c(COc2ccc(NCCO)nc2)c1. The van der Waals surface area contributed by atoms with Crippen LogP contribution in [-0.4, -0.2) is 23.2 Å². The Balaban J connectivity index is 0.000000816. The second-order valence-corrected chi connectivity index (χ2v) is 4.98. The molecule has 0 fully saturated rings. The number of hydrogen-bond acceptors (Lipinski definition) is 5. The van der Waals surface area contributed by atoms with Gasteiger partial charge in [-0.05, 0) is 37.3 Å². The van der Waals surface area contributed by atoms with Crippen LogP contribution in [0.15, 0.2) is 49.2 Å². The van der Waals surface area contributed by atoms with Gasteiger partial charge < -0.3 is 20.9 Å². The number of nitrogen functional groups attached to an aromatic ring is 1. The first-order valence-electron chi connectivity index (χ1n) is 7.15. The summed E-state index contributed by atoms with van der Waals surface area (Å²) in [5, 5.41) is 12.3. The first kappa shape index (κ1) is 18.8. The van der Waals surface area contributed by atoms with Crippen LogP contribution in [0.25, 0.3) is 0 Å². The van der Waals surface area contributed by atoms with Crippen molar-refractivity contribution < 1.29 is 9.84 Å². The number of aromatic nitrogens is 1. The van der Waals surface area contributed by atoms with Crippen molar-refractivity contribution in [1.29, 1.82) is 0 Å². The number of rotatable bonds is 6. The lowest BCUT2D eigenvalue weighted by molar-refractivity contribution is 0.305. The summed E-state index contributed by atoms with van der Waals surface area (Å²) in [4.78, 5) is 4.16. The van der Waals surface area contributed by atoms with Gasteiger partial charge in [0.05, 0.1) is 12.8 Å². The number of pyridine rings is 1. The minimum atomic E-state index is 0.0634. The number of hydrogen-bond donors (Lipinski definition) is 3. The molecule has 0 aliphatic carbocycles. The molecule has 2 rings (SSSR count). The van der Waals surface area contributed by atoms with Crippen molar-refractivity contribution in [3.05, 3.63) is 59.8 Å². The number of halogens is 1. The lowest BCUT2D eigenvalue weighted by atomic mass is 10.2. The quantitative estimate of drug-likeness (QED) is 0.556. The van der Waals surface area contributed by atoms with E-state index in [4.69, 9.17) is 27.2 Å². The van der Waals surface area contributed by atoms with E-state index in [1.54, 1.807) is 42.6 Å². The normalized spacial score (nSPS) is 9.52. The van der Waals surface area contributed by atoms with Crippen LogP contribution in [0.4, 0.5) is 11.5 Å². The van der Waals surface area contributed by atoms with Crippen molar-refractivity contribution in [1.82, 2.24) is 4.98 Å². The molecular formula is C17H22ClN3O2. The first-order chi connectivity index (χ1) is 11.1. The number of aliphatic hydroxyl groups excluding tert-OH is 1. The van der Waals surface area contributed by atoms with Crippen molar-refractivity contribution in [2.75, 3.05) is 24.2 Å². The molecule has 0 bridgehead atoms. The maximum Gasteiger partial charge on any atom is 0.138 e. The number of nitrogens with one attached hydrogen (secondary N) is 1. The topological polar surface area (TPSA) is 80.4 Å². The van der Waals surface area contributed by atoms with Gasteiger partial charge in [-0.1, -0.05) is 17.7 Å². The standard InChI is InChI=1S/C14H16ClN3O2.C3H6/c15-13-3-1-11(16)7-10(13)9-20-12-2-4-14(18-8-12)17-5-6-19;1-3-2/h1-4,7-8,19H,5-6,9,16H2,(H,17,18);3H,1H2,2H3. The van der Waals surface area contributed by atoms with E-state index >= 15 is 0 Å². The Bertz CT molecular complexity index is 603. The van der Waals surface area contributed by atoms with Crippen LogP contribution in [0.2, 0.25) is 5.02 Å². The molecule has 0 spiro atoms. The Morgan fingerprint density at radius 2 is 2.13 bits per heavy atom. The Labute approximate surface area is 141 Å². The highest BCUT2D eigenvalue weighted by atomic mass is 35.5. The molecule has 6 heteroatoms. The van der Waals surface area contributed by atoms with E-state index in [0.717, 1.165) is 5.56 Å². The summed E-state index contributed by atoms with van der Waals surface area (Å²) in [7, 11) is 0. The van der Waals surface area contributed by atoms with Gasteiger partial charge in [0.1, 0.15) is 18.2 Å². The summed E-state index contributed by atoms with van der Waals surface area (Å²) < 4.78 is 5.61. The van der Waals surface area contributed by atoms with E-state index in [-0.39, 0.29) is 6.61 Å². The first-order valence-corrected chi connectivity index (χ1v) is 7.53. The van der Waals surface area contributed by atoms with Crippen molar-refractivity contribution in [2.24, 2.45) is 0 Å². The second-order valence-electron chi connectivity index (χ2n) is 4.58. The Kier molecular flexibility index (Phi) is 8.57. The summed E-state index contributed by atoms with van der Waals surface area (Å²) >= 11 is 6.06. The minimum absolute atomic E-state index is 0.0634. The number of ether oxygens (including phenoxy) is 1. The van der Waals surface area contributed by atoms with Crippen LogP contribution in [0.3, 0.4) is 0 Å². The highest BCUT2D eigenvalue weighted by Crippen LogP contribution is 2.21. The number of benzene rings is 1. The van der Waals surface area contributed by atoms with Crippen molar-refractivity contribution in [2.45, 2.75) is 13.5 Å². The van der Waals surface area contributed by atoms with Gasteiger partial charge in [-0.25, -0.2) is 4.98 Å². The van der Waals surface area contributed by atoms with Crippen LogP contribution in [-0.2, 0) is 6.61 Å². The zero-order valence-corrected chi connectivity index (χ0v) is 13.9. The molecule has 0 amide bonds. The number of nitrogens with two attached hydrogens (primary N) is 1. The van der Waals surface area contributed by atoms with Gasteiger partial charge in [0.15, 0.2) is 0 Å². The fourth-order valence-corrected chi connectivity index (χ4v) is 1.79.